The molecule has 0 aromatic carbocycles. The van der Waals surface area contributed by atoms with Gasteiger partial charge in [0.15, 0.2) is 0 Å². The molecular weight excluding hydrogens is 234 g/mol. The second kappa shape index (κ2) is 7.64. The number of nitrogens with two attached hydrogens (primary N) is 1. The van der Waals surface area contributed by atoms with Crippen LogP contribution in [0.15, 0.2) is 0 Å². The highest BCUT2D eigenvalue weighted by molar-refractivity contribution is 4.82. The summed E-state index contributed by atoms with van der Waals surface area (Å²) < 4.78 is 5.73. The predicted octanol–water partition coefficient (Wildman–Crippen LogP) is 3.98. The summed E-state index contributed by atoms with van der Waals surface area (Å²) >= 11 is 0. The van der Waals surface area contributed by atoms with Gasteiger partial charge in [-0.15, -0.1) is 0 Å². The van der Waals surface area contributed by atoms with Crippen molar-refractivity contribution < 1.29 is 4.74 Å². The number of hydrogen-bond donors (Lipinski definition) is 1. The lowest BCUT2D eigenvalue weighted by Crippen LogP contribution is -2.32. The van der Waals surface area contributed by atoms with E-state index < -0.39 is 0 Å². The Labute approximate surface area is 119 Å². The second-order valence-corrected chi connectivity index (χ2v) is 7.14. The third kappa shape index (κ3) is 4.46. The lowest BCUT2D eigenvalue weighted by molar-refractivity contribution is 0.0938. The van der Waals surface area contributed by atoms with E-state index in [1.807, 2.05) is 0 Å². The zero-order valence-electron chi connectivity index (χ0n) is 12.9. The Morgan fingerprint density at radius 1 is 1.11 bits per heavy atom. The molecular formula is C17H33NO. The van der Waals surface area contributed by atoms with Gasteiger partial charge in [-0.3, -0.25) is 0 Å². The van der Waals surface area contributed by atoms with Crippen LogP contribution in [0.25, 0.3) is 0 Å². The molecule has 0 spiro atoms. The molecule has 1 aliphatic carbocycles. The largest absolute Gasteiger partial charge is 0.378 e. The quantitative estimate of drug-likeness (QED) is 0.790. The summed E-state index contributed by atoms with van der Waals surface area (Å²) in [6.45, 7) is 6.66. The van der Waals surface area contributed by atoms with Crippen molar-refractivity contribution >= 4 is 0 Å². The van der Waals surface area contributed by atoms with Gasteiger partial charge in [0.1, 0.15) is 0 Å². The molecule has 0 aromatic heterocycles. The molecule has 0 bridgehead atoms. The van der Waals surface area contributed by atoms with E-state index in [2.05, 4.69) is 13.8 Å². The third-order valence-electron chi connectivity index (χ3n) is 5.55. The van der Waals surface area contributed by atoms with Crippen molar-refractivity contribution in [1.29, 1.82) is 0 Å². The molecule has 1 saturated carbocycles. The van der Waals surface area contributed by atoms with Gasteiger partial charge in [-0.25, -0.2) is 0 Å². The van der Waals surface area contributed by atoms with Crippen LogP contribution in [0.2, 0.25) is 0 Å². The summed E-state index contributed by atoms with van der Waals surface area (Å²) in [5, 5.41) is 0. The Kier molecular flexibility index (Phi) is 6.15. The number of hydrogen-bond acceptors (Lipinski definition) is 2. The molecule has 0 radical (unpaired) electrons. The summed E-state index contributed by atoms with van der Waals surface area (Å²) in [6, 6.07) is 0. The first-order chi connectivity index (χ1) is 9.20. The van der Waals surface area contributed by atoms with E-state index in [1.165, 1.54) is 51.4 Å². The predicted molar refractivity (Wildman–Crippen MR) is 81.0 cm³/mol. The molecule has 2 rings (SSSR count). The second-order valence-electron chi connectivity index (χ2n) is 7.14. The molecule has 1 saturated heterocycles. The minimum Gasteiger partial charge on any atom is -0.378 e. The van der Waals surface area contributed by atoms with Crippen LogP contribution in [0.5, 0.6) is 0 Å². The van der Waals surface area contributed by atoms with E-state index in [0.717, 1.165) is 36.8 Å². The van der Waals surface area contributed by atoms with Crippen LogP contribution in [-0.2, 0) is 4.74 Å². The molecule has 2 N–H and O–H groups in total. The highest BCUT2D eigenvalue weighted by atomic mass is 16.5. The van der Waals surface area contributed by atoms with Crippen LogP contribution < -0.4 is 5.73 Å². The first-order valence-electron chi connectivity index (χ1n) is 8.52. The van der Waals surface area contributed by atoms with Gasteiger partial charge < -0.3 is 10.5 Å². The summed E-state index contributed by atoms with van der Waals surface area (Å²) in [5.41, 5.74) is 5.98. The van der Waals surface area contributed by atoms with Crippen molar-refractivity contribution in [2.45, 2.75) is 71.3 Å². The van der Waals surface area contributed by atoms with E-state index in [-0.39, 0.29) is 0 Å². The lowest BCUT2D eigenvalue weighted by atomic mass is 9.69. The fraction of sp³-hybridized carbons (Fsp3) is 1.00. The fourth-order valence-corrected chi connectivity index (χ4v) is 4.11. The van der Waals surface area contributed by atoms with Gasteiger partial charge in [0.05, 0.1) is 6.10 Å². The summed E-state index contributed by atoms with van der Waals surface area (Å²) in [4.78, 5) is 0. The van der Waals surface area contributed by atoms with E-state index in [1.54, 1.807) is 0 Å². The van der Waals surface area contributed by atoms with Crippen LogP contribution in [0.1, 0.15) is 65.2 Å². The van der Waals surface area contributed by atoms with E-state index >= 15 is 0 Å². The third-order valence-corrected chi connectivity index (χ3v) is 5.55. The van der Waals surface area contributed by atoms with Crippen molar-refractivity contribution in [3.63, 3.8) is 0 Å². The maximum atomic E-state index is 5.98. The van der Waals surface area contributed by atoms with Gasteiger partial charge in [-0.2, -0.15) is 0 Å². The van der Waals surface area contributed by atoms with Gasteiger partial charge in [-0.05, 0) is 68.7 Å². The Morgan fingerprint density at radius 3 is 2.58 bits per heavy atom. The monoisotopic (exact) mass is 267 g/mol. The standard InChI is InChI=1S/C17H33NO/c1-13(2)14-8-9-16(12-18)15(11-14)5-3-6-17-7-4-10-19-17/h13-17H,3-12,18H2,1-2H3. The maximum absolute atomic E-state index is 5.98. The number of rotatable bonds is 6. The average Bonchev–Trinajstić information content (AvgIpc) is 2.91. The summed E-state index contributed by atoms with van der Waals surface area (Å²) in [5.74, 6) is 3.46. The minimum atomic E-state index is 0.570. The SMILES string of the molecule is CC(C)C1CCC(CN)C(CCCC2CCCO2)C1. The Hall–Kier alpha value is -0.0800. The molecule has 0 amide bonds. The van der Waals surface area contributed by atoms with Crippen LogP contribution in [0.3, 0.4) is 0 Å². The molecule has 0 aromatic rings. The highest BCUT2D eigenvalue weighted by Crippen LogP contribution is 2.39. The topological polar surface area (TPSA) is 35.2 Å². The van der Waals surface area contributed by atoms with Crippen molar-refractivity contribution in [3.05, 3.63) is 0 Å². The van der Waals surface area contributed by atoms with E-state index in [4.69, 9.17) is 10.5 Å². The first-order valence-corrected chi connectivity index (χ1v) is 8.52. The van der Waals surface area contributed by atoms with Crippen LogP contribution >= 0.6 is 0 Å². The van der Waals surface area contributed by atoms with E-state index in [0.29, 0.717) is 6.10 Å². The molecule has 4 unspecified atom stereocenters. The average molecular weight is 267 g/mol. The van der Waals surface area contributed by atoms with Crippen LogP contribution in [0.4, 0.5) is 0 Å². The Morgan fingerprint density at radius 2 is 1.95 bits per heavy atom. The van der Waals surface area contributed by atoms with Crippen molar-refractivity contribution in [1.82, 2.24) is 0 Å². The van der Waals surface area contributed by atoms with Gasteiger partial charge in [0.2, 0.25) is 0 Å². The molecule has 2 heteroatoms. The zero-order chi connectivity index (χ0) is 13.7. The Bertz CT molecular complexity index is 248. The van der Waals surface area contributed by atoms with Gasteiger partial charge >= 0.3 is 0 Å². The van der Waals surface area contributed by atoms with Gasteiger partial charge in [-0.1, -0.05) is 26.7 Å². The molecule has 2 aliphatic rings. The van der Waals surface area contributed by atoms with Crippen LogP contribution in [0, 0.1) is 23.7 Å². The molecule has 2 nitrogen and oxygen atoms in total. The van der Waals surface area contributed by atoms with Gasteiger partial charge in [0, 0.05) is 6.61 Å². The molecule has 1 heterocycles. The van der Waals surface area contributed by atoms with Crippen LogP contribution in [-0.4, -0.2) is 19.3 Å². The van der Waals surface area contributed by atoms with Crippen molar-refractivity contribution in [3.8, 4) is 0 Å². The Balaban J connectivity index is 1.74. The van der Waals surface area contributed by atoms with Crippen molar-refractivity contribution in [2.24, 2.45) is 29.4 Å². The summed E-state index contributed by atoms with van der Waals surface area (Å²) in [6.07, 6.45) is 11.3. The fourth-order valence-electron chi connectivity index (χ4n) is 4.11. The molecule has 19 heavy (non-hydrogen) atoms. The minimum absolute atomic E-state index is 0.570. The maximum Gasteiger partial charge on any atom is 0.0576 e. The zero-order valence-corrected chi connectivity index (χ0v) is 12.9. The normalized spacial score (nSPS) is 36.0. The molecule has 2 fully saturated rings. The van der Waals surface area contributed by atoms with E-state index in [9.17, 15) is 0 Å². The molecule has 4 atom stereocenters. The molecule has 1 aliphatic heterocycles. The first kappa shape index (κ1) is 15.3. The van der Waals surface area contributed by atoms with Crippen molar-refractivity contribution in [2.75, 3.05) is 13.2 Å². The highest BCUT2D eigenvalue weighted by Gasteiger charge is 2.30. The molecule has 112 valence electrons. The van der Waals surface area contributed by atoms with Gasteiger partial charge in [0.25, 0.3) is 0 Å². The number of ether oxygens (including phenoxy) is 1. The smallest absolute Gasteiger partial charge is 0.0576 e. The summed E-state index contributed by atoms with van der Waals surface area (Å²) in [7, 11) is 0. The lowest BCUT2D eigenvalue weighted by Gasteiger charge is -2.37.